The summed E-state index contributed by atoms with van der Waals surface area (Å²) in [6, 6.07) is 12.5. The number of para-hydroxylation sites is 1. The predicted octanol–water partition coefficient (Wildman–Crippen LogP) is 3.97. The van der Waals surface area contributed by atoms with E-state index in [4.69, 9.17) is 0 Å². The Kier molecular flexibility index (Phi) is 7.69. The number of nitrogens with one attached hydrogen (secondary N) is 2. The number of rotatable bonds is 7. The molecule has 2 aromatic carbocycles. The van der Waals surface area contributed by atoms with Gasteiger partial charge < -0.3 is 5.32 Å². The van der Waals surface area contributed by atoms with Crippen LogP contribution in [-0.2, 0) is 4.79 Å². The first-order chi connectivity index (χ1) is 15.2. The molecule has 0 aliphatic carbocycles. The van der Waals surface area contributed by atoms with Gasteiger partial charge in [-0.15, -0.1) is 0 Å². The Hall–Kier alpha value is -3.13. The first-order valence-corrected chi connectivity index (χ1v) is 11.5. The van der Waals surface area contributed by atoms with E-state index in [1.165, 1.54) is 4.57 Å². The normalized spacial score (nSPS) is 11.0. The zero-order valence-corrected chi connectivity index (χ0v) is 19.6. The number of amides is 3. The maximum atomic E-state index is 13.3. The van der Waals surface area contributed by atoms with Crippen LogP contribution in [0.5, 0.6) is 0 Å². The van der Waals surface area contributed by atoms with Crippen LogP contribution >= 0.6 is 11.8 Å². The van der Waals surface area contributed by atoms with Crippen molar-refractivity contribution in [2.45, 2.75) is 39.3 Å². The van der Waals surface area contributed by atoms with Crippen molar-refractivity contribution < 1.29 is 9.59 Å². The summed E-state index contributed by atoms with van der Waals surface area (Å²) in [5.74, 6) is -0.0401. The molecule has 32 heavy (non-hydrogen) atoms. The summed E-state index contributed by atoms with van der Waals surface area (Å²) in [5.41, 5.74) is 3.10. The summed E-state index contributed by atoms with van der Waals surface area (Å²) < 4.78 is 1.53. The largest absolute Gasteiger partial charge is 0.338 e. The van der Waals surface area contributed by atoms with Gasteiger partial charge in [0, 0.05) is 6.54 Å². The number of aromatic nitrogens is 2. The molecule has 2 N–H and O–H groups in total. The van der Waals surface area contributed by atoms with Crippen molar-refractivity contribution in [1.29, 1.82) is 0 Å². The maximum absolute atomic E-state index is 13.3. The standard InChI is InChI=1S/C24H28N4O3S/c1-15(2)9-10-25-23(31)27-21(29)14-32-24-26-20-8-6-5-7-19(20)22(30)28(24)18-12-16(3)11-17(4)13-18/h5-8,11-13,15H,9-10,14H2,1-4H3,(H2,25,27,29,31). The average Bonchev–Trinajstić information content (AvgIpc) is 2.71. The smallest absolute Gasteiger partial charge is 0.321 e. The molecule has 0 atom stereocenters. The van der Waals surface area contributed by atoms with Crippen molar-refractivity contribution in [1.82, 2.24) is 20.2 Å². The van der Waals surface area contributed by atoms with Gasteiger partial charge in [0.05, 0.1) is 22.3 Å². The van der Waals surface area contributed by atoms with E-state index >= 15 is 0 Å². The van der Waals surface area contributed by atoms with Gasteiger partial charge >= 0.3 is 6.03 Å². The van der Waals surface area contributed by atoms with Crippen molar-refractivity contribution in [3.05, 3.63) is 63.9 Å². The Morgan fingerprint density at radius 1 is 1.09 bits per heavy atom. The highest BCUT2D eigenvalue weighted by atomic mass is 32.2. The second-order valence-electron chi connectivity index (χ2n) is 8.17. The molecule has 0 radical (unpaired) electrons. The van der Waals surface area contributed by atoms with Gasteiger partial charge in [-0.2, -0.15) is 0 Å². The fourth-order valence-corrected chi connectivity index (χ4v) is 4.14. The van der Waals surface area contributed by atoms with Crippen LogP contribution in [0.2, 0.25) is 0 Å². The SMILES string of the molecule is Cc1cc(C)cc(-n2c(SCC(=O)NC(=O)NCCC(C)C)nc3ccccc3c2=O)c1. The molecule has 168 valence electrons. The average molecular weight is 453 g/mol. The van der Waals surface area contributed by atoms with Crippen LogP contribution in [0.3, 0.4) is 0 Å². The monoisotopic (exact) mass is 452 g/mol. The van der Waals surface area contributed by atoms with Crippen LogP contribution in [0.1, 0.15) is 31.4 Å². The van der Waals surface area contributed by atoms with Crippen molar-refractivity contribution in [2.24, 2.45) is 5.92 Å². The Labute approximate surface area is 191 Å². The van der Waals surface area contributed by atoms with Gasteiger partial charge in [-0.1, -0.05) is 43.8 Å². The molecule has 0 aliphatic rings. The molecular weight excluding hydrogens is 424 g/mol. The van der Waals surface area contributed by atoms with E-state index in [2.05, 4.69) is 29.5 Å². The highest BCUT2D eigenvalue weighted by molar-refractivity contribution is 7.99. The summed E-state index contributed by atoms with van der Waals surface area (Å²) in [6.07, 6.45) is 0.833. The van der Waals surface area contributed by atoms with Gasteiger partial charge in [0.15, 0.2) is 5.16 Å². The first-order valence-electron chi connectivity index (χ1n) is 10.6. The van der Waals surface area contributed by atoms with E-state index in [1.54, 1.807) is 18.2 Å². The zero-order valence-electron chi connectivity index (χ0n) is 18.8. The van der Waals surface area contributed by atoms with E-state index in [0.29, 0.717) is 34.2 Å². The maximum Gasteiger partial charge on any atom is 0.321 e. The molecule has 0 unspecified atom stereocenters. The molecule has 3 aromatic rings. The number of carbonyl (C=O) groups is 2. The van der Waals surface area contributed by atoms with E-state index in [-0.39, 0.29) is 11.3 Å². The Balaban J connectivity index is 1.85. The second kappa shape index (κ2) is 10.5. The topological polar surface area (TPSA) is 93.1 Å². The van der Waals surface area contributed by atoms with Crippen molar-refractivity contribution in [3.8, 4) is 5.69 Å². The predicted molar refractivity (Wildman–Crippen MR) is 129 cm³/mol. The minimum Gasteiger partial charge on any atom is -0.338 e. The number of carbonyl (C=O) groups excluding carboxylic acids is 2. The number of fused-ring (bicyclic) bond motifs is 1. The van der Waals surface area contributed by atoms with Crippen LogP contribution in [-0.4, -0.2) is 33.8 Å². The van der Waals surface area contributed by atoms with Gasteiger partial charge in [-0.25, -0.2) is 9.78 Å². The summed E-state index contributed by atoms with van der Waals surface area (Å²) in [5, 5.41) is 5.91. The third-order valence-electron chi connectivity index (χ3n) is 4.80. The van der Waals surface area contributed by atoms with Crippen LogP contribution in [0, 0.1) is 19.8 Å². The van der Waals surface area contributed by atoms with E-state index in [1.807, 2.05) is 38.1 Å². The highest BCUT2D eigenvalue weighted by Crippen LogP contribution is 2.22. The van der Waals surface area contributed by atoms with Gasteiger partial charge in [-0.3, -0.25) is 19.5 Å². The van der Waals surface area contributed by atoms with Crippen LogP contribution in [0.25, 0.3) is 16.6 Å². The molecule has 0 saturated heterocycles. The molecule has 0 spiro atoms. The van der Waals surface area contributed by atoms with E-state index in [9.17, 15) is 14.4 Å². The molecule has 3 rings (SSSR count). The molecule has 7 nitrogen and oxygen atoms in total. The lowest BCUT2D eigenvalue weighted by Gasteiger charge is -2.14. The lowest BCUT2D eigenvalue weighted by Crippen LogP contribution is -2.41. The molecule has 3 amide bonds. The lowest BCUT2D eigenvalue weighted by atomic mass is 10.1. The van der Waals surface area contributed by atoms with Crippen molar-refractivity contribution in [2.75, 3.05) is 12.3 Å². The van der Waals surface area contributed by atoms with Crippen molar-refractivity contribution in [3.63, 3.8) is 0 Å². The fraction of sp³-hybridized carbons (Fsp3) is 0.333. The molecule has 8 heteroatoms. The minimum absolute atomic E-state index is 0.0484. The second-order valence-corrected chi connectivity index (χ2v) is 9.12. The third-order valence-corrected chi connectivity index (χ3v) is 5.74. The summed E-state index contributed by atoms with van der Waals surface area (Å²) in [7, 11) is 0. The Morgan fingerprint density at radius 3 is 2.47 bits per heavy atom. The Morgan fingerprint density at radius 2 is 1.78 bits per heavy atom. The quantitative estimate of drug-likeness (QED) is 0.418. The van der Waals surface area contributed by atoms with Gasteiger partial charge in [0.1, 0.15) is 0 Å². The number of thioether (sulfide) groups is 1. The molecule has 0 bridgehead atoms. The first kappa shape index (κ1) is 23.5. The van der Waals surface area contributed by atoms with Gasteiger partial charge in [0.2, 0.25) is 5.91 Å². The number of urea groups is 1. The number of hydrogen-bond donors (Lipinski definition) is 2. The van der Waals surface area contributed by atoms with Crippen LogP contribution in [0.15, 0.2) is 52.4 Å². The summed E-state index contributed by atoms with van der Waals surface area (Å²) in [6.45, 7) is 8.56. The van der Waals surface area contributed by atoms with Gasteiger partial charge in [0.25, 0.3) is 5.56 Å². The molecule has 0 aliphatic heterocycles. The third kappa shape index (κ3) is 5.97. The van der Waals surface area contributed by atoms with Crippen molar-refractivity contribution >= 4 is 34.6 Å². The summed E-state index contributed by atoms with van der Waals surface area (Å²) in [4.78, 5) is 42.2. The molecular formula is C24H28N4O3S. The number of benzene rings is 2. The number of hydrogen-bond acceptors (Lipinski definition) is 5. The number of imide groups is 1. The highest BCUT2D eigenvalue weighted by Gasteiger charge is 2.16. The molecule has 1 aromatic heterocycles. The summed E-state index contributed by atoms with van der Waals surface area (Å²) >= 11 is 1.12. The number of aryl methyl sites for hydroxylation is 2. The Bertz CT molecular complexity index is 1180. The lowest BCUT2D eigenvalue weighted by molar-refractivity contribution is -0.117. The van der Waals surface area contributed by atoms with E-state index in [0.717, 1.165) is 29.3 Å². The fourth-order valence-electron chi connectivity index (χ4n) is 3.33. The number of nitrogens with zero attached hydrogens (tertiary/aromatic N) is 2. The molecule has 0 saturated carbocycles. The molecule has 0 fully saturated rings. The molecule has 1 heterocycles. The zero-order chi connectivity index (χ0) is 23.3. The van der Waals surface area contributed by atoms with Gasteiger partial charge in [-0.05, 0) is 61.6 Å². The minimum atomic E-state index is -0.519. The van der Waals surface area contributed by atoms with E-state index < -0.39 is 11.9 Å². The van der Waals surface area contributed by atoms with Crippen LogP contribution in [0.4, 0.5) is 4.79 Å². The van der Waals surface area contributed by atoms with Crippen LogP contribution < -0.4 is 16.2 Å².